The van der Waals surface area contributed by atoms with Crippen molar-refractivity contribution in [1.29, 1.82) is 0 Å². The number of halogens is 3. The van der Waals surface area contributed by atoms with Crippen LogP contribution in [0.2, 0.25) is 5.02 Å². The van der Waals surface area contributed by atoms with E-state index in [1.165, 1.54) is 0 Å². The minimum Gasteiger partial charge on any atom is -0.354 e. The number of nitrogens with zero attached hydrogens (tertiary/aromatic N) is 2. The van der Waals surface area contributed by atoms with Crippen molar-refractivity contribution in [2.75, 3.05) is 33.7 Å². The van der Waals surface area contributed by atoms with Crippen molar-refractivity contribution in [1.82, 2.24) is 14.5 Å². The number of amides is 1. The molecule has 2 aromatic carbocycles. The van der Waals surface area contributed by atoms with Crippen LogP contribution in [0, 0.1) is 17.6 Å². The number of likely N-dealkylation sites (N-methyl/N-ethyl adjacent to an activating group) is 1. The fourth-order valence-corrected chi connectivity index (χ4v) is 5.64. The average molecular weight is 486 g/mol. The standard InChI is InChI=1S/C22H26ClF2N3O3S/c1-27(2)20(17-5-3-4-6-18(17)23)14-26-22(29)15-9-11-28(12-10-15)32(30,31)21-13-16(24)7-8-19(21)25/h3-8,13,15,20H,9-12,14H2,1-2H3,(H,26,29). The van der Waals surface area contributed by atoms with Crippen molar-refractivity contribution < 1.29 is 22.0 Å². The first-order valence-electron chi connectivity index (χ1n) is 10.2. The second-order valence-corrected chi connectivity index (χ2v) is 10.3. The molecule has 1 aliphatic rings. The van der Waals surface area contributed by atoms with Crippen LogP contribution >= 0.6 is 11.6 Å². The first-order chi connectivity index (χ1) is 15.1. The van der Waals surface area contributed by atoms with E-state index in [2.05, 4.69) is 5.32 Å². The Morgan fingerprint density at radius 2 is 1.84 bits per heavy atom. The van der Waals surface area contributed by atoms with Gasteiger partial charge in [0.2, 0.25) is 15.9 Å². The molecule has 1 saturated heterocycles. The second-order valence-electron chi connectivity index (χ2n) is 8.00. The van der Waals surface area contributed by atoms with Gasteiger partial charge in [0, 0.05) is 30.6 Å². The molecule has 1 aliphatic heterocycles. The van der Waals surface area contributed by atoms with Crippen LogP contribution in [-0.2, 0) is 14.8 Å². The molecule has 6 nitrogen and oxygen atoms in total. The van der Waals surface area contributed by atoms with Crippen molar-refractivity contribution in [3.8, 4) is 0 Å². The summed E-state index contributed by atoms with van der Waals surface area (Å²) >= 11 is 6.31. The molecular weight excluding hydrogens is 460 g/mol. The lowest BCUT2D eigenvalue weighted by molar-refractivity contribution is -0.126. The Kier molecular flexibility index (Phi) is 7.87. The third kappa shape index (κ3) is 5.46. The van der Waals surface area contributed by atoms with Gasteiger partial charge in [0.05, 0.1) is 6.04 Å². The zero-order valence-corrected chi connectivity index (χ0v) is 19.5. The van der Waals surface area contributed by atoms with Crippen molar-refractivity contribution >= 4 is 27.5 Å². The summed E-state index contributed by atoms with van der Waals surface area (Å²) in [6.45, 7) is 0.457. The van der Waals surface area contributed by atoms with Gasteiger partial charge in [0.25, 0.3) is 0 Å². The SMILES string of the molecule is CN(C)C(CNC(=O)C1CCN(S(=O)(=O)c2cc(F)ccc2F)CC1)c1ccccc1Cl. The molecule has 1 fully saturated rings. The third-order valence-corrected chi connectivity index (χ3v) is 7.95. The van der Waals surface area contributed by atoms with Gasteiger partial charge < -0.3 is 10.2 Å². The van der Waals surface area contributed by atoms with E-state index in [0.717, 1.165) is 22.0 Å². The summed E-state index contributed by atoms with van der Waals surface area (Å²) < 4.78 is 54.0. The molecule has 10 heteroatoms. The molecule has 1 atom stereocenters. The van der Waals surface area contributed by atoms with Crippen molar-refractivity contribution in [3.05, 3.63) is 64.7 Å². The van der Waals surface area contributed by atoms with E-state index in [1.807, 2.05) is 37.2 Å². The molecule has 0 spiro atoms. The number of rotatable bonds is 7. The van der Waals surface area contributed by atoms with Gasteiger partial charge in [-0.3, -0.25) is 4.79 Å². The fraction of sp³-hybridized carbons (Fsp3) is 0.409. The van der Waals surface area contributed by atoms with Gasteiger partial charge in [-0.25, -0.2) is 17.2 Å². The first kappa shape index (κ1) is 24.6. The van der Waals surface area contributed by atoms with Crippen molar-refractivity contribution in [2.24, 2.45) is 5.92 Å². The largest absolute Gasteiger partial charge is 0.354 e. The van der Waals surface area contributed by atoms with E-state index < -0.39 is 26.6 Å². The normalized spacial score (nSPS) is 16.8. The van der Waals surface area contributed by atoms with Gasteiger partial charge in [-0.15, -0.1) is 0 Å². The molecule has 0 bridgehead atoms. The molecule has 174 valence electrons. The lowest BCUT2D eigenvalue weighted by Crippen LogP contribution is -2.44. The summed E-state index contributed by atoms with van der Waals surface area (Å²) in [7, 11) is -0.381. The molecule has 1 N–H and O–H groups in total. The Bertz CT molecular complexity index is 1070. The maximum Gasteiger partial charge on any atom is 0.246 e. The molecule has 1 amide bonds. The molecule has 0 aromatic heterocycles. The lowest BCUT2D eigenvalue weighted by Gasteiger charge is -2.31. The van der Waals surface area contributed by atoms with Gasteiger partial charge in [0.15, 0.2) is 0 Å². The second kappa shape index (κ2) is 10.2. The predicted molar refractivity (Wildman–Crippen MR) is 119 cm³/mol. The van der Waals surface area contributed by atoms with Gasteiger partial charge >= 0.3 is 0 Å². The topological polar surface area (TPSA) is 69.7 Å². The number of hydrogen-bond donors (Lipinski definition) is 1. The van der Waals surface area contributed by atoms with Crippen LogP contribution in [0.25, 0.3) is 0 Å². The van der Waals surface area contributed by atoms with E-state index in [1.54, 1.807) is 6.07 Å². The number of carbonyl (C=O) groups is 1. The summed E-state index contributed by atoms with van der Waals surface area (Å²) in [5, 5.41) is 3.56. The van der Waals surface area contributed by atoms with Gasteiger partial charge in [-0.2, -0.15) is 4.31 Å². The molecular formula is C22H26ClF2N3O3S. The lowest BCUT2D eigenvalue weighted by atomic mass is 9.97. The number of nitrogens with one attached hydrogen (secondary N) is 1. The Balaban J connectivity index is 1.60. The summed E-state index contributed by atoms with van der Waals surface area (Å²) in [6, 6.07) is 9.66. The van der Waals surface area contributed by atoms with Crippen LogP contribution in [0.3, 0.4) is 0 Å². The molecule has 3 rings (SSSR count). The first-order valence-corrected chi connectivity index (χ1v) is 12.1. The van der Waals surface area contributed by atoms with E-state index in [4.69, 9.17) is 11.6 Å². The molecule has 1 unspecified atom stereocenters. The van der Waals surface area contributed by atoms with Crippen molar-refractivity contribution in [2.45, 2.75) is 23.8 Å². The van der Waals surface area contributed by atoms with Crippen LogP contribution in [-0.4, -0.2) is 57.3 Å². The fourth-order valence-electron chi connectivity index (χ4n) is 3.83. The van der Waals surface area contributed by atoms with E-state index in [0.29, 0.717) is 30.5 Å². The predicted octanol–water partition coefficient (Wildman–Crippen LogP) is 3.44. The summed E-state index contributed by atoms with van der Waals surface area (Å²) in [5.74, 6) is -2.36. The van der Waals surface area contributed by atoms with Gasteiger partial charge in [-0.1, -0.05) is 29.8 Å². The summed E-state index contributed by atoms with van der Waals surface area (Å²) in [6.07, 6.45) is 0.585. The highest BCUT2D eigenvalue weighted by Gasteiger charge is 2.34. The molecule has 2 aromatic rings. The quantitative estimate of drug-likeness (QED) is 0.652. The molecule has 0 saturated carbocycles. The summed E-state index contributed by atoms with van der Waals surface area (Å²) in [4.78, 5) is 14.0. The Hall–Kier alpha value is -2.07. The van der Waals surface area contributed by atoms with Crippen molar-refractivity contribution in [3.63, 3.8) is 0 Å². The molecule has 32 heavy (non-hydrogen) atoms. The van der Waals surface area contributed by atoms with E-state index in [9.17, 15) is 22.0 Å². The Labute approximate surface area is 192 Å². The number of carbonyl (C=O) groups excluding carboxylic acids is 1. The Morgan fingerprint density at radius 1 is 1.19 bits per heavy atom. The highest BCUT2D eigenvalue weighted by Crippen LogP contribution is 2.28. The zero-order chi connectivity index (χ0) is 23.5. The average Bonchev–Trinajstić information content (AvgIpc) is 2.76. The van der Waals surface area contributed by atoms with Crippen LogP contribution in [0.5, 0.6) is 0 Å². The molecule has 1 heterocycles. The van der Waals surface area contributed by atoms with Crippen LogP contribution in [0.1, 0.15) is 24.4 Å². The minimum absolute atomic E-state index is 0.0536. The molecule has 0 aliphatic carbocycles. The number of piperidine rings is 1. The van der Waals surface area contributed by atoms with Crippen LogP contribution in [0.15, 0.2) is 47.4 Å². The van der Waals surface area contributed by atoms with E-state index in [-0.39, 0.29) is 31.0 Å². The number of hydrogen-bond acceptors (Lipinski definition) is 4. The van der Waals surface area contributed by atoms with Gasteiger partial charge in [0.1, 0.15) is 16.5 Å². The minimum atomic E-state index is -4.18. The van der Waals surface area contributed by atoms with Crippen LogP contribution < -0.4 is 5.32 Å². The van der Waals surface area contributed by atoms with Gasteiger partial charge in [-0.05, 0) is 56.8 Å². The third-order valence-electron chi connectivity index (χ3n) is 5.69. The highest BCUT2D eigenvalue weighted by atomic mass is 35.5. The molecule has 0 radical (unpaired) electrons. The number of benzene rings is 2. The maximum absolute atomic E-state index is 14.0. The smallest absolute Gasteiger partial charge is 0.246 e. The number of sulfonamides is 1. The van der Waals surface area contributed by atoms with E-state index >= 15 is 0 Å². The summed E-state index contributed by atoms with van der Waals surface area (Å²) in [5.41, 5.74) is 0.900. The zero-order valence-electron chi connectivity index (χ0n) is 17.9. The monoisotopic (exact) mass is 485 g/mol. The van der Waals surface area contributed by atoms with Crippen LogP contribution in [0.4, 0.5) is 8.78 Å². The highest BCUT2D eigenvalue weighted by molar-refractivity contribution is 7.89. The maximum atomic E-state index is 14.0. The Morgan fingerprint density at radius 3 is 2.47 bits per heavy atom.